The van der Waals surface area contributed by atoms with Crippen LogP contribution in [-0.2, 0) is 0 Å². The molecule has 19 heavy (non-hydrogen) atoms. The molecule has 1 aromatic rings. The Morgan fingerprint density at radius 1 is 1.21 bits per heavy atom. The van der Waals surface area contributed by atoms with Crippen molar-refractivity contribution in [3.63, 3.8) is 0 Å². The Balaban J connectivity index is 3.13. The van der Waals surface area contributed by atoms with Crippen molar-refractivity contribution in [1.29, 1.82) is 0 Å². The molecule has 1 aromatic heterocycles. The van der Waals surface area contributed by atoms with E-state index in [2.05, 4.69) is 5.32 Å². The van der Waals surface area contributed by atoms with Gasteiger partial charge in [-0.1, -0.05) is 0 Å². The fourth-order valence-electron chi connectivity index (χ4n) is 1.71. The maximum absolute atomic E-state index is 12.0. The first-order chi connectivity index (χ1) is 8.92. The fourth-order valence-corrected chi connectivity index (χ4v) is 1.71. The number of amides is 1. The summed E-state index contributed by atoms with van der Waals surface area (Å²) in [7, 11) is 0. The summed E-state index contributed by atoms with van der Waals surface area (Å²) < 4.78 is 1.27. The van der Waals surface area contributed by atoms with Crippen LogP contribution in [0.5, 0.6) is 0 Å². The van der Waals surface area contributed by atoms with E-state index < -0.39 is 24.0 Å². The Hall–Kier alpha value is -1.86. The van der Waals surface area contributed by atoms with Gasteiger partial charge in [0.05, 0.1) is 19.3 Å². The van der Waals surface area contributed by atoms with E-state index in [0.717, 1.165) is 0 Å². The van der Waals surface area contributed by atoms with Crippen molar-refractivity contribution in [2.45, 2.75) is 25.9 Å². The minimum absolute atomic E-state index is 0.0663. The highest BCUT2D eigenvalue weighted by atomic mass is 16.4. The zero-order valence-electron chi connectivity index (χ0n) is 10.8. The highest BCUT2D eigenvalue weighted by Gasteiger charge is 2.22. The summed E-state index contributed by atoms with van der Waals surface area (Å²) in [4.78, 5) is 23.1. The van der Waals surface area contributed by atoms with Crippen molar-refractivity contribution in [1.82, 2.24) is 9.88 Å². The van der Waals surface area contributed by atoms with Crippen LogP contribution in [0.15, 0.2) is 12.1 Å². The van der Waals surface area contributed by atoms with E-state index in [1.807, 2.05) is 0 Å². The van der Waals surface area contributed by atoms with Crippen LogP contribution in [0.1, 0.15) is 40.9 Å². The van der Waals surface area contributed by atoms with Crippen LogP contribution in [0, 0.1) is 0 Å². The number of nitrogens with zero attached hydrogens (tertiary/aromatic N) is 1. The number of nitrogens with one attached hydrogen (secondary N) is 1. The van der Waals surface area contributed by atoms with Gasteiger partial charge in [-0.2, -0.15) is 0 Å². The number of aromatic nitrogens is 1. The Bertz CT molecular complexity index is 469. The monoisotopic (exact) mass is 270 g/mol. The first-order valence-electron chi connectivity index (χ1n) is 5.89. The number of hydrogen-bond donors (Lipinski definition) is 4. The minimum atomic E-state index is -1.17. The first-order valence-corrected chi connectivity index (χ1v) is 5.89. The highest BCUT2D eigenvalue weighted by Crippen LogP contribution is 2.17. The number of aromatic carboxylic acids is 1. The average molecular weight is 270 g/mol. The number of aliphatic hydroxyl groups is 2. The normalized spacial score (nSPS) is 13.9. The van der Waals surface area contributed by atoms with Crippen LogP contribution in [0.4, 0.5) is 0 Å². The molecule has 0 radical (unpaired) electrons. The molecule has 4 N–H and O–H groups in total. The maximum atomic E-state index is 12.0. The molecule has 106 valence electrons. The summed E-state index contributed by atoms with van der Waals surface area (Å²) in [6.45, 7) is 2.73. The molecule has 7 heteroatoms. The number of carboxylic acids is 1. The average Bonchev–Trinajstić information content (AvgIpc) is 2.82. The molecule has 0 bridgehead atoms. The zero-order chi connectivity index (χ0) is 14.6. The largest absolute Gasteiger partial charge is 0.477 e. The lowest BCUT2D eigenvalue weighted by Gasteiger charge is -2.18. The second-order valence-corrected chi connectivity index (χ2v) is 4.37. The molecule has 7 nitrogen and oxygen atoms in total. The van der Waals surface area contributed by atoms with E-state index in [1.54, 1.807) is 13.8 Å². The van der Waals surface area contributed by atoms with Gasteiger partial charge in [0.15, 0.2) is 0 Å². The van der Waals surface area contributed by atoms with Gasteiger partial charge >= 0.3 is 5.97 Å². The first kappa shape index (κ1) is 15.2. The van der Waals surface area contributed by atoms with Gasteiger partial charge < -0.3 is 25.2 Å². The summed E-state index contributed by atoms with van der Waals surface area (Å²) in [5, 5.41) is 29.6. The number of carbonyl (C=O) groups excluding carboxylic acids is 1. The second-order valence-electron chi connectivity index (χ2n) is 4.37. The second kappa shape index (κ2) is 6.35. The molecule has 1 heterocycles. The van der Waals surface area contributed by atoms with E-state index in [0.29, 0.717) is 0 Å². The zero-order valence-corrected chi connectivity index (χ0v) is 10.8. The number of rotatable bonds is 6. The number of aliphatic hydroxyl groups excluding tert-OH is 2. The van der Waals surface area contributed by atoms with Crippen LogP contribution >= 0.6 is 0 Å². The molecule has 0 saturated heterocycles. The summed E-state index contributed by atoms with van der Waals surface area (Å²) in [6.07, 6.45) is 0. The van der Waals surface area contributed by atoms with Crippen molar-refractivity contribution in [3.8, 4) is 0 Å². The van der Waals surface area contributed by atoms with Gasteiger partial charge in [0.1, 0.15) is 11.4 Å². The molecule has 2 atom stereocenters. The number of hydrogen-bond acceptors (Lipinski definition) is 4. The number of carboxylic acid groups (broad SMARTS) is 1. The lowest BCUT2D eigenvalue weighted by molar-refractivity contribution is 0.0680. The van der Waals surface area contributed by atoms with Gasteiger partial charge in [-0.15, -0.1) is 0 Å². The SMILES string of the molecule is CC(CO)NC(=O)c1ccc(C(=O)O)n1C(C)CO. The molecule has 0 aliphatic rings. The van der Waals surface area contributed by atoms with Crippen LogP contribution in [0.2, 0.25) is 0 Å². The van der Waals surface area contributed by atoms with Crippen molar-refractivity contribution in [2.75, 3.05) is 13.2 Å². The van der Waals surface area contributed by atoms with E-state index in [9.17, 15) is 9.59 Å². The molecule has 0 spiro atoms. The predicted octanol–water partition coefficient (Wildman–Crippen LogP) is -0.150. The summed E-state index contributed by atoms with van der Waals surface area (Å²) in [5.41, 5.74) is 0.0719. The van der Waals surface area contributed by atoms with Gasteiger partial charge in [0.25, 0.3) is 5.91 Å². The lowest BCUT2D eigenvalue weighted by Crippen LogP contribution is -2.37. The molecule has 0 fully saturated rings. The molecule has 0 aliphatic carbocycles. The van der Waals surface area contributed by atoms with E-state index in [4.69, 9.17) is 15.3 Å². The summed E-state index contributed by atoms with van der Waals surface area (Å²) >= 11 is 0. The molecule has 0 aromatic carbocycles. The molecule has 1 rings (SSSR count). The quantitative estimate of drug-likeness (QED) is 0.574. The standard InChI is InChI=1S/C12H18N2O5/c1-7(5-15)13-11(17)9-3-4-10(12(18)19)14(9)8(2)6-16/h3-4,7-8,15-16H,5-6H2,1-2H3,(H,13,17)(H,18,19). The van der Waals surface area contributed by atoms with Gasteiger partial charge in [-0.05, 0) is 26.0 Å². The topological polar surface area (TPSA) is 112 Å². The van der Waals surface area contributed by atoms with E-state index in [1.165, 1.54) is 16.7 Å². The van der Waals surface area contributed by atoms with Gasteiger partial charge in [0.2, 0.25) is 0 Å². The third-order valence-electron chi connectivity index (χ3n) is 2.73. The maximum Gasteiger partial charge on any atom is 0.352 e. The molecule has 2 unspecified atom stereocenters. The Kier molecular flexibility index (Phi) is 5.08. The Morgan fingerprint density at radius 2 is 1.79 bits per heavy atom. The summed E-state index contributed by atoms with van der Waals surface area (Å²) in [6, 6.07) is 1.72. The summed E-state index contributed by atoms with van der Waals surface area (Å²) in [5.74, 6) is -1.66. The van der Waals surface area contributed by atoms with Crippen molar-refractivity contribution in [2.24, 2.45) is 0 Å². The smallest absolute Gasteiger partial charge is 0.352 e. The number of carbonyl (C=O) groups is 2. The minimum Gasteiger partial charge on any atom is -0.477 e. The van der Waals surface area contributed by atoms with Crippen LogP contribution < -0.4 is 5.32 Å². The van der Waals surface area contributed by atoms with E-state index in [-0.39, 0.29) is 24.6 Å². The van der Waals surface area contributed by atoms with Crippen LogP contribution in [0.25, 0.3) is 0 Å². The lowest BCUT2D eigenvalue weighted by atomic mass is 10.3. The molecular weight excluding hydrogens is 252 g/mol. The van der Waals surface area contributed by atoms with Crippen molar-refractivity contribution in [3.05, 3.63) is 23.5 Å². The van der Waals surface area contributed by atoms with Gasteiger partial charge in [-0.25, -0.2) is 4.79 Å². The van der Waals surface area contributed by atoms with Crippen molar-refractivity contribution >= 4 is 11.9 Å². The van der Waals surface area contributed by atoms with Crippen molar-refractivity contribution < 1.29 is 24.9 Å². The molecule has 1 amide bonds. The third-order valence-corrected chi connectivity index (χ3v) is 2.73. The molecular formula is C12H18N2O5. The third kappa shape index (κ3) is 3.33. The molecule has 0 aliphatic heterocycles. The highest BCUT2D eigenvalue weighted by molar-refractivity contribution is 5.96. The predicted molar refractivity (Wildman–Crippen MR) is 67.2 cm³/mol. The van der Waals surface area contributed by atoms with Gasteiger partial charge in [0, 0.05) is 6.04 Å². The Morgan fingerprint density at radius 3 is 2.26 bits per heavy atom. The van der Waals surface area contributed by atoms with Crippen LogP contribution in [0.3, 0.4) is 0 Å². The fraction of sp³-hybridized carbons (Fsp3) is 0.500. The van der Waals surface area contributed by atoms with Gasteiger partial charge in [-0.3, -0.25) is 4.79 Å². The van der Waals surface area contributed by atoms with Crippen LogP contribution in [-0.4, -0.2) is 51.0 Å². The van der Waals surface area contributed by atoms with E-state index >= 15 is 0 Å². The molecule has 0 saturated carbocycles. The Labute approximate surface area is 110 Å².